The largest absolute Gasteiger partial charge is 0.490 e. The van der Waals surface area contributed by atoms with Crippen molar-refractivity contribution in [1.29, 1.82) is 0 Å². The minimum atomic E-state index is -5.08. The molecule has 7 nitrogen and oxygen atoms in total. The maximum absolute atomic E-state index is 11.2. The maximum Gasteiger partial charge on any atom is 0.490 e. The summed E-state index contributed by atoms with van der Waals surface area (Å²) in [5.41, 5.74) is 6.64. The highest BCUT2D eigenvalue weighted by atomic mass is 19.4. The van der Waals surface area contributed by atoms with Crippen LogP contribution in [0.25, 0.3) is 11.0 Å². The van der Waals surface area contributed by atoms with E-state index >= 15 is 0 Å². The van der Waals surface area contributed by atoms with E-state index in [1.165, 1.54) is 6.07 Å². The number of carbonyl (C=O) groups is 2. The van der Waals surface area contributed by atoms with Crippen molar-refractivity contribution in [1.82, 2.24) is 0 Å². The van der Waals surface area contributed by atoms with Crippen LogP contribution in [0.3, 0.4) is 0 Å². The molecule has 0 atom stereocenters. The standard InChI is InChI=1S/C12H12N2O3.C2HF3O2/c1-7-4-12(16)17-10-5-8(2-3-9(7)10)14-11(15)6-13;3-2(4,5)1(6)7/h2-5H,6,13H2,1H3,(H,14,15);(H,6,7). The minimum absolute atomic E-state index is 0.0875. The molecule has 1 aromatic carbocycles. The summed E-state index contributed by atoms with van der Waals surface area (Å²) in [5, 5.41) is 10.6. The van der Waals surface area contributed by atoms with Gasteiger partial charge in [-0.2, -0.15) is 13.2 Å². The topological polar surface area (TPSA) is 123 Å². The normalized spacial score (nSPS) is 10.7. The van der Waals surface area contributed by atoms with Gasteiger partial charge in [0.05, 0.1) is 6.54 Å². The summed E-state index contributed by atoms with van der Waals surface area (Å²) in [6.07, 6.45) is -5.08. The van der Waals surface area contributed by atoms with Gasteiger partial charge in [0.2, 0.25) is 5.91 Å². The van der Waals surface area contributed by atoms with Gasteiger partial charge in [-0.1, -0.05) is 0 Å². The van der Waals surface area contributed by atoms with E-state index in [0.29, 0.717) is 11.3 Å². The fraction of sp³-hybridized carbons (Fsp3) is 0.214. The van der Waals surface area contributed by atoms with Gasteiger partial charge in [0.1, 0.15) is 5.58 Å². The number of carboxylic acids is 1. The van der Waals surface area contributed by atoms with Crippen LogP contribution in [0.1, 0.15) is 5.56 Å². The van der Waals surface area contributed by atoms with E-state index in [2.05, 4.69) is 5.32 Å². The Hall–Kier alpha value is -2.88. The molecule has 2 rings (SSSR count). The molecule has 130 valence electrons. The first kappa shape index (κ1) is 19.2. The number of aryl methyl sites for hydroxylation is 1. The lowest BCUT2D eigenvalue weighted by atomic mass is 10.1. The van der Waals surface area contributed by atoms with Crippen molar-refractivity contribution in [3.63, 3.8) is 0 Å². The zero-order valence-corrected chi connectivity index (χ0v) is 12.3. The number of nitrogens with one attached hydrogen (secondary N) is 1. The second-order valence-electron chi connectivity index (χ2n) is 4.51. The lowest BCUT2D eigenvalue weighted by molar-refractivity contribution is -0.192. The average molecular weight is 346 g/mol. The third-order valence-electron chi connectivity index (χ3n) is 2.66. The Labute approximate surface area is 132 Å². The number of nitrogens with two attached hydrogens (primary N) is 1. The number of fused-ring (bicyclic) bond motifs is 1. The molecule has 2 aromatic rings. The maximum atomic E-state index is 11.2. The summed E-state index contributed by atoms with van der Waals surface area (Å²) in [7, 11) is 0. The monoisotopic (exact) mass is 346 g/mol. The summed E-state index contributed by atoms with van der Waals surface area (Å²) in [4.78, 5) is 31.2. The highest BCUT2D eigenvalue weighted by molar-refractivity contribution is 5.94. The van der Waals surface area contributed by atoms with Gasteiger partial charge in [0.15, 0.2) is 0 Å². The Morgan fingerprint density at radius 1 is 1.29 bits per heavy atom. The molecule has 4 N–H and O–H groups in total. The molecular weight excluding hydrogens is 333 g/mol. The second kappa shape index (κ2) is 7.59. The first-order chi connectivity index (χ1) is 11.0. The summed E-state index contributed by atoms with van der Waals surface area (Å²) >= 11 is 0. The molecule has 0 aliphatic carbocycles. The number of alkyl halides is 3. The molecule has 0 unspecified atom stereocenters. The third kappa shape index (κ3) is 5.39. The Bertz CT molecular complexity index is 814. The molecule has 0 saturated heterocycles. The van der Waals surface area contributed by atoms with Gasteiger partial charge in [-0.3, -0.25) is 4.79 Å². The summed E-state index contributed by atoms with van der Waals surface area (Å²) in [6.45, 7) is 1.74. The quantitative estimate of drug-likeness (QED) is 0.710. The molecule has 0 saturated carbocycles. The van der Waals surface area contributed by atoms with E-state index in [9.17, 15) is 22.8 Å². The van der Waals surface area contributed by atoms with Gasteiger partial charge < -0.3 is 20.6 Å². The molecule has 0 fully saturated rings. The van der Waals surface area contributed by atoms with Crippen LogP contribution in [0.15, 0.2) is 33.5 Å². The van der Waals surface area contributed by atoms with E-state index in [1.54, 1.807) is 18.2 Å². The van der Waals surface area contributed by atoms with Gasteiger partial charge in [0.25, 0.3) is 0 Å². The van der Waals surface area contributed by atoms with Crippen molar-refractivity contribution >= 4 is 28.5 Å². The van der Waals surface area contributed by atoms with E-state index in [1.807, 2.05) is 6.92 Å². The first-order valence-electron chi connectivity index (χ1n) is 6.39. The fourth-order valence-electron chi connectivity index (χ4n) is 1.61. The Kier molecular flexibility index (Phi) is 6.07. The predicted octanol–water partition coefficient (Wildman–Crippen LogP) is 1.63. The lowest BCUT2D eigenvalue weighted by Crippen LogP contribution is -2.21. The van der Waals surface area contributed by atoms with Crippen molar-refractivity contribution < 1.29 is 32.3 Å². The number of benzene rings is 1. The van der Waals surface area contributed by atoms with Crippen LogP contribution in [0.5, 0.6) is 0 Å². The molecule has 1 amide bonds. The van der Waals surface area contributed by atoms with Crippen molar-refractivity contribution in [3.05, 3.63) is 40.2 Å². The Morgan fingerprint density at radius 3 is 2.38 bits per heavy atom. The number of amides is 1. The highest BCUT2D eigenvalue weighted by Gasteiger charge is 2.38. The number of carboxylic acid groups (broad SMARTS) is 1. The molecule has 0 spiro atoms. The molecule has 0 aliphatic rings. The van der Waals surface area contributed by atoms with Gasteiger partial charge in [-0.25, -0.2) is 9.59 Å². The number of aliphatic carboxylic acids is 1. The van der Waals surface area contributed by atoms with Crippen LogP contribution < -0.4 is 16.7 Å². The average Bonchev–Trinajstić information content (AvgIpc) is 2.46. The van der Waals surface area contributed by atoms with Crippen LogP contribution in [-0.2, 0) is 9.59 Å². The molecule has 0 bridgehead atoms. The van der Waals surface area contributed by atoms with Crippen molar-refractivity contribution in [2.75, 3.05) is 11.9 Å². The zero-order valence-electron chi connectivity index (χ0n) is 12.3. The molecule has 24 heavy (non-hydrogen) atoms. The van der Waals surface area contributed by atoms with E-state index in [0.717, 1.165) is 10.9 Å². The molecule has 1 aromatic heterocycles. The highest BCUT2D eigenvalue weighted by Crippen LogP contribution is 2.20. The minimum Gasteiger partial charge on any atom is -0.475 e. The molecule has 1 heterocycles. The molecule has 0 radical (unpaired) electrons. The molecule has 10 heteroatoms. The molecule has 0 aliphatic heterocycles. The second-order valence-corrected chi connectivity index (χ2v) is 4.51. The van der Waals surface area contributed by atoms with Crippen LogP contribution in [0, 0.1) is 6.92 Å². The predicted molar refractivity (Wildman–Crippen MR) is 78.6 cm³/mol. The Balaban J connectivity index is 0.000000351. The van der Waals surface area contributed by atoms with Crippen LogP contribution in [0.2, 0.25) is 0 Å². The number of rotatable bonds is 2. The van der Waals surface area contributed by atoms with Crippen LogP contribution in [-0.4, -0.2) is 29.7 Å². The van der Waals surface area contributed by atoms with E-state index in [4.69, 9.17) is 20.1 Å². The third-order valence-corrected chi connectivity index (χ3v) is 2.66. The lowest BCUT2D eigenvalue weighted by Gasteiger charge is -2.05. The zero-order chi connectivity index (χ0) is 18.5. The van der Waals surface area contributed by atoms with Gasteiger partial charge in [-0.15, -0.1) is 0 Å². The fourth-order valence-corrected chi connectivity index (χ4v) is 1.61. The van der Waals surface area contributed by atoms with Crippen molar-refractivity contribution in [2.45, 2.75) is 13.1 Å². The summed E-state index contributed by atoms with van der Waals surface area (Å²) < 4.78 is 36.8. The summed E-state index contributed by atoms with van der Waals surface area (Å²) in [5.74, 6) is -3.05. The number of anilines is 1. The van der Waals surface area contributed by atoms with Crippen molar-refractivity contribution in [2.24, 2.45) is 5.73 Å². The van der Waals surface area contributed by atoms with Crippen molar-refractivity contribution in [3.8, 4) is 0 Å². The van der Waals surface area contributed by atoms with Gasteiger partial charge >= 0.3 is 17.8 Å². The van der Waals surface area contributed by atoms with Crippen LogP contribution in [0.4, 0.5) is 18.9 Å². The summed E-state index contributed by atoms with van der Waals surface area (Å²) in [6, 6.07) is 6.57. The van der Waals surface area contributed by atoms with Gasteiger partial charge in [0, 0.05) is 23.2 Å². The number of hydrogen-bond acceptors (Lipinski definition) is 5. The Morgan fingerprint density at radius 2 is 1.88 bits per heavy atom. The molecular formula is C14H13F3N2O5. The smallest absolute Gasteiger partial charge is 0.475 e. The number of carbonyl (C=O) groups excluding carboxylic acids is 1. The SMILES string of the molecule is Cc1cc(=O)oc2cc(NC(=O)CN)ccc12.O=C(O)C(F)(F)F. The van der Waals surface area contributed by atoms with Gasteiger partial charge in [-0.05, 0) is 24.6 Å². The number of halogens is 3. The number of hydrogen-bond donors (Lipinski definition) is 3. The van der Waals surface area contributed by atoms with E-state index in [-0.39, 0.29) is 12.5 Å². The van der Waals surface area contributed by atoms with Crippen LogP contribution >= 0.6 is 0 Å². The first-order valence-corrected chi connectivity index (χ1v) is 6.39. The van der Waals surface area contributed by atoms with E-state index < -0.39 is 17.8 Å².